The highest BCUT2D eigenvalue weighted by atomic mass is 35.5. The zero-order valence-electron chi connectivity index (χ0n) is 23.6. The Kier molecular flexibility index (Phi) is 8.87. The molecule has 5 rings (SSSR count). The van der Waals surface area contributed by atoms with Crippen LogP contribution >= 0.6 is 22.9 Å². The smallest absolute Gasteiger partial charge is 0.262 e. The van der Waals surface area contributed by atoms with E-state index >= 15 is 0 Å². The van der Waals surface area contributed by atoms with Gasteiger partial charge in [-0.3, -0.25) is 9.48 Å². The lowest BCUT2D eigenvalue weighted by atomic mass is 9.87. The highest BCUT2D eigenvalue weighted by molar-refractivity contribution is 7.18. The molecule has 1 fully saturated rings. The summed E-state index contributed by atoms with van der Waals surface area (Å²) in [7, 11) is 1.93. The van der Waals surface area contributed by atoms with E-state index in [0.29, 0.717) is 15.6 Å². The van der Waals surface area contributed by atoms with E-state index in [1.165, 1.54) is 11.3 Å². The SMILES string of the molecule is C=CN(C1=C(C)CC(c2cnn(C)c2)C(OC2CCNCC2)=C1)c1cc(O[C@H](C)c2ccccc2Cl)c(C(N)=O)s1. The van der Waals surface area contributed by atoms with Crippen molar-refractivity contribution in [3.63, 3.8) is 0 Å². The van der Waals surface area contributed by atoms with E-state index in [1.807, 2.05) is 60.1 Å². The number of benzene rings is 1. The van der Waals surface area contributed by atoms with E-state index < -0.39 is 5.91 Å². The largest absolute Gasteiger partial charge is 0.494 e. The maximum absolute atomic E-state index is 12.5. The number of nitrogens with two attached hydrogens (primary N) is 1. The van der Waals surface area contributed by atoms with Crippen molar-refractivity contribution < 1.29 is 14.3 Å². The van der Waals surface area contributed by atoms with Gasteiger partial charge in [-0.2, -0.15) is 5.10 Å². The second kappa shape index (κ2) is 12.5. The van der Waals surface area contributed by atoms with Crippen molar-refractivity contribution in [1.29, 1.82) is 0 Å². The number of primary amides is 1. The fraction of sp³-hybridized carbons (Fsp3) is 0.355. The lowest BCUT2D eigenvalue weighted by molar-refractivity contribution is 0.0763. The summed E-state index contributed by atoms with van der Waals surface area (Å²) in [4.78, 5) is 14.8. The molecule has 2 aromatic heterocycles. The summed E-state index contributed by atoms with van der Waals surface area (Å²) in [5, 5.41) is 9.18. The molecule has 1 aromatic carbocycles. The maximum atomic E-state index is 12.5. The summed E-state index contributed by atoms with van der Waals surface area (Å²) in [6, 6.07) is 9.34. The summed E-state index contributed by atoms with van der Waals surface area (Å²) in [6.07, 6.45) is 10.3. The van der Waals surface area contributed by atoms with Crippen LogP contribution in [-0.2, 0) is 11.8 Å². The van der Waals surface area contributed by atoms with Crippen LogP contribution in [0.3, 0.4) is 0 Å². The van der Waals surface area contributed by atoms with Crippen molar-refractivity contribution >= 4 is 33.8 Å². The molecule has 216 valence electrons. The van der Waals surface area contributed by atoms with Crippen LogP contribution in [0.1, 0.15) is 65.9 Å². The molecule has 0 spiro atoms. The number of nitrogens with zero attached hydrogens (tertiary/aromatic N) is 3. The molecule has 3 aromatic rings. The van der Waals surface area contributed by atoms with Crippen LogP contribution in [0.4, 0.5) is 5.00 Å². The van der Waals surface area contributed by atoms with Crippen molar-refractivity contribution in [2.75, 3.05) is 18.0 Å². The molecule has 0 saturated carbocycles. The molecule has 1 aliphatic carbocycles. The molecule has 0 bridgehead atoms. The number of halogens is 1. The Bertz CT molecular complexity index is 1490. The minimum absolute atomic E-state index is 0.0638. The Morgan fingerprint density at radius 2 is 2.10 bits per heavy atom. The number of nitrogens with one attached hydrogen (secondary N) is 1. The monoisotopic (exact) mass is 593 g/mol. The van der Waals surface area contributed by atoms with E-state index in [-0.39, 0.29) is 18.1 Å². The standard InChI is InChI=1S/C31H36ClN5O3S/c1-5-37(29-16-28(30(41-29)31(33)38)39-20(3)23-8-6-7-9-25(23)32)26-15-27(40-22-10-12-34-13-11-22)24(14-19(26)2)21-17-35-36(4)18-21/h5-9,15-18,20,22,24,34H,1,10-14H2,2-4H3,(H2,33,38)/t20-,24?/m1/s1. The van der Waals surface area contributed by atoms with Gasteiger partial charge in [-0.05, 0) is 57.8 Å². The minimum atomic E-state index is -0.553. The van der Waals surface area contributed by atoms with Gasteiger partial charge in [0.2, 0.25) is 0 Å². The number of anilines is 1. The molecule has 3 N–H and O–H groups in total. The number of carbonyl (C=O) groups is 1. The van der Waals surface area contributed by atoms with E-state index in [1.54, 1.807) is 6.20 Å². The predicted molar refractivity (Wildman–Crippen MR) is 164 cm³/mol. The normalized spacial score (nSPS) is 18.5. The number of piperidine rings is 1. The van der Waals surface area contributed by atoms with Crippen LogP contribution in [0.5, 0.6) is 5.75 Å². The third kappa shape index (κ3) is 6.37. The fourth-order valence-electron chi connectivity index (χ4n) is 5.37. The first-order chi connectivity index (χ1) is 19.7. The first kappa shape index (κ1) is 29.0. The highest BCUT2D eigenvalue weighted by Crippen LogP contribution is 2.44. The third-order valence-electron chi connectivity index (χ3n) is 7.52. The second-order valence-electron chi connectivity index (χ2n) is 10.5. The van der Waals surface area contributed by atoms with Gasteiger partial charge in [0.1, 0.15) is 33.6 Å². The quantitative estimate of drug-likeness (QED) is 0.281. The molecule has 1 saturated heterocycles. The lowest BCUT2D eigenvalue weighted by Gasteiger charge is -2.33. The first-order valence-electron chi connectivity index (χ1n) is 13.8. The second-order valence-corrected chi connectivity index (χ2v) is 11.9. The Morgan fingerprint density at radius 1 is 1.34 bits per heavy atom. The number of rotatable bonds is 10. The minimum Gasteiger partial charge on any atom is -0.494 e. The molecule has 8 nitrogen and oxygen atoms in total. The average Bonchev–Trinajstić information content (AvgIpc) is 3.58. The molecule has 1 aliphatic heterocycles. The molecule has 2 atom stereocenters. The van der Waals surface area contributed by atoms with Gasteiger partial charge in [0, 0.05) is 59.4 Å². The van der Waals surface area contributed by atoms with E-state index in [2.05, 4.69) is 36.2 Å². The van der Waals surface area contributed by atoms with Crippen LogP contribution in [-0.4, -0.2) is 34.9 Å². The molecule has 10 heteroatoms. The van der Waals surface area contributed by atoms with Crippen LogP contribution in [0.15, 0.2) is 78.6 Å². The van der Waals surface area contributed by atoms with Gasteiger partial charge in [-0.15, -0.1) is 11.3 Å². The van der Waals surface area contributed by atoms with E-state index in [4.69, 9.17) is 26.8 Å². The molecule has 0 radical (unpaired) electrons. The highest BCUT2D eigenvalue weighted by Gasteiger charge is 2.31. The average molecular weight is 594 g/mol. The van der Waals surface area contributed by atoms with E-state index in [0.717, 1.165) is 65.5 Å². The Labute approximate surface area is 250 Å². The summed E-state index contributed by atoms with van der Waals surface area (Å²) in [5.41, 5.74) is 9.85. The molecule has 41 heavy (non-hydrogen) atoms. The van der Waals surface area contributed by atoms with Gasteiger partial charge in [0.25, 0.3) is 5.91 Å². The number of amides is 1. The van der Waals surface area contributed by atoms with E-state index in [9.17, 15) is 4.79 Å². The van der Waals surface area contributed by atoms with Gasteiger partial charge in [-0.25, -0.2) is 0 Å². The number of aromatic nitrogens is 2. The summed E-state index contributed by atoms with van der Waals surface area (Å²) >= 11 is 7.67. The number of hydrogen-bond acceptors (Lipinski definition) is 7. The molecule has 3 heterocycles. The van der Waals surface area contributed by atoms with Crippen LogP contribution in [0.2, 0.25) is 5.02 Å². The van der Waals surface area contributed by atoms with Gasteiger partial charge >= 0.3 is 0 Å². The number of ether oxygens (including phenoxy) is 2. The van der Waals surface area contributed by atoms with Gasteiger partial charge in [0.05, 0.1) is 6.20 Å². The van der Waals surface area contributed by atoms with Crippen molar-refractivity contribution in [1.82, 2.24) is 15.1 Å². The van der Waals surface area contributed by atoms with Crippen molar-refractivity contribution in [2.45, 2.75) is 51.2 Å². The van der Waals surface area contributed by atoms with Gasteiger partial charge in [0.15, 0.2) is 0 Å². The van der Waals surface area contributed by atoms with Crippen molar-refractivity contribution in [3.05, 3.63) is 99.6 Å². The third-order valence-corrected chi connectivity index (χ3v) is 9.00. The number of carbonyl (C=O) groups excluding carboxylic acids is 1. The summed E-state index contributed by atoms with van der Waals surface area (Å²) in [6.45, 7) is 10.0. The molecule has 1 unspecified atom stereocenters. The Morgan fingerprint density at radius 3 is 2.76 bits per heavy atom. The van der Waals surface area contributed by atoms with Crippen molar-refractivity contribution in [2.24, 2.45) is 12.8 Å². The maximum Gasteiger partial charge on any atom is 0.262 e. The number of hydrogen-bond donors (Lipinski definition) is 2. The zero-order valence-corrected chi connectivity index (χ0v) is 25.2. The topological polar surface area (TPSA) is 94.6 Å². The van der Waals surface area contributed by atoms with Gasteiger partial charge < -0.3 is 25.4 Å². The Hall–Kier alpha value is -3.53. The molecular weight excluding hydrogens is 558 g/mol. The summed E-state index contributed by atoms with van der Waals surface area (Å²) < 4.78 is 14.8. The van der Waals surface area contributed by atoms with Gasteiger partial charge in [-0.1, -0.05) is 36.4 Å². The lowest BCUT2D eigenvalue weighted by Crippen LogP contribution is -2.33. The van der Waals surface area contributed by atoms with Crippen LogP contribution < -0.4 is 20.7 Å². The van der Waals surface area contributed by atoms with Crippen LogP contribution in [0.25, 0.3) is 0 Å². The Balaban J connectivity index is 1.48. The zero-order chi connectivity index (χ0) is 29.1. The van der Waals surface area contributed by atoms with Crippen LogP contribution in [0, 0.1) is 0 Å². The predicted octanol–water partition coefficient (Wildman–Crippen LogP) is 6.44. The number of allylic oxidation sites excluding steroid dienone is 3. The molecule has 1 amide bonds. The first-order valence-corrected chi connectivity index (χ1v) is 15.0. The molecule has 2 aliphatic rings. The number of thiophene rings is 1. The number of aryl methyl sites for hydroxylation is 1. The van der Waals surface area contributed by atoms with Crippen molar-refractivity contribution in [3.8, 4) is 5.75 Å². The molecular formula is C31H36ClN5O3S. The fourth-order valence-corrected chi connectivity index (χ4v) is 6.62. The summed E-state index contributed by atoms with van der Waals surface area (Å²) in [5.74, 6) is 0.832.